The molecule has 262 valence electrons. The van der Waals surface area contributed by atoms with Gasteiger partial charge in [0.1, 0.15) is 5.75 Å². The SMILES string of the molecule is COc1ccc2c(c1)[C@@H]1OC(=O)O[C@]1(C(=O)N1C[C@@H](C)O[C@@H](C)C1)Cn1c-2c(C2CCCCC2)c2ccc(C(=O)NS(=O)(=O)N(C)C)cc21. The summed E-state index contributed by atoms with van der Waals surface area (Å²) in [5, 5.41) is 0.885. The molecule has 13 nitrogen and oxygen atoms in total. The van der Waals surface area contributed by atoms with Gasteiger partial charge in [0.15, 0.2) is 6.10 Å². The van der Waals surface area contributed by atoms with Crippen LogP contribution in [0.25, 0.3) is 22.2 Å². The lowest BCUT2D eigenvalue weighted by atomic mass is 9.80. The molecule has 1 aliphatic carbocycles. The average Bonchev–Trinajstić information content (AvgIpc) is 3.54. The zero-order valence-corrected chi connectivity index (χ0v) is 29.2. The van der Waals surface area contributed by atoms with Crippen molar-refractivity contribution in [3.63, 3.8) is 0 Å². The van der Waals surface area contributed by atoms with Gasteiger partial charge in [-0.2, -0.15) is 12.7 Å². The summed E-state index contributed by atoms with van der Waals surface area (Å²) in [6.45, 7) is 4.30. The molecule has 2 aromatic carbocycles. The Bertz CT molecular complexity index is 1940. The number of fused-ring (bicyclic) bond motifs is 7. The van der Waals surface area contributed by atoms with E-state index in [-0.39, 0.29) is 30.2 Å². The fourth-order valence-corrected chi connectivity index (χ4v) is 8.60. The van der Waals surface area contributed by atoms with E-state index in [9.17, 15) is 22.8 Å². The van der Waals surface area contributed by atoms with Crippen LogP contribution in [-0.2, 0) is 35.8 Å². The van der Waals surface area contributed by atoms with Gasteiger partial charge in [0.05, 0.1) is 31.6 Å². The fraction of sp³-hybridized carbons (Fsp3) is 0.514. The predicted molar refractivity (Wildman–Crippen MR) is 179 cm³/mol. The van der Waals surface area contributed by atoms with Gasteiger partial charge in [-0.1, -0.05) is 25.3 Å². The first-order chi connectivity index (χ1) is 23.3. The summed E-state index contributed by atoms with van der Waals surface area (Å²) in [6, 6.07) is 10.7. The quantitative estimate of drug-likeness (QED) is 0.369. The monoisotopic (exact) mass is 694 g/mol. The van der Waals surface area contributed by atoms with Gasteiger partial charge in [-0.25, -0.2) is 9.52 Å². The summed E-state index contributed by atoms with van der Waals surface area (Å²) in [7, 11) is 0.165. The molecule has 1 aromatic heterocycles. The molecule has 49 heavy (non-hydrogen) atoms. The highest BCUT2D eigenvalue weighted by Crippen LogP contribution is 2.53. The molecule has 0 radical (unpaired) electrons. The average molecular weight is 695 g/mol. The van der Waals surface area contributed by atoms with Crippen LogP contribution in [0.2, 0.25) is 0 Å². The second-order valence-corrected chi connectivity index (χ2v) is 15.7. The molecule has 14 heteroatoms. The Hall–Kier alpha value is -4.14. The van der Waals surface area contributed by atoms with Crippen molar-refractivity contribution >= 4 is 39.1 Å². The number of nitrogens with one attached hydrogen (secondary N) is 1. The van der Waals surface area contributed by atoms with Gasteiger partial charge in [0.25, 0.3) is 17.4 Å². The van der Waals surface area contributed by atoms with Crippen molar-refractivity contribution in [3.05, 3.63) is 53.1 Å². The minimum absolute atomic E-state index is 0.0982. The zero-order valence-electron chi connectivity index (χ0n) is 28.4. The number of hydrogen-bond donors (Lipinski definition) is 1. The second-order valence-electron chi connectivity index (χ2n) is 13.8. The number of amides is 2. The first kappa shape index (κ1) is 33.4. The van der Waals surface area contributed by atoms with Crippen molar-refractivity contribution in [3.8, 4) is 17.0 Å². The van der Waals surface area contributed by atoms with Crippen molar-refractivity contribution in [1.82, 2.24) is 18.5 Å². The Morgan fingerprint density at radius 2 is 1.73 bits per heavy atom. The zero-order chi connectivity index (χ0) is 34.8. The van der Waals surface area contributed by atoms with Crippen LogP contribution in [0.3, 0.4) is 0 Å². The molecule has 4 heterocycles. The van der Waals surface area contributed by atoms with E-state index in [0.717, 1.165) is 58.6 Å². The number of methoxy groups -OCH3 is 1. The van der Waals surface area contributed by atoms with E-state index in [1.165, 1.54) is 14.1 Å². The molecule has 7 rings (SSSR count). The predicted octanol–water partition coefficient (Wildman–Crippen LogP) is 4.50. The normalized spacial score (nSPS) is 25.6. The highest BCUT2D eigenvalue weighted by Gasteiger charge is 2.62. The number of hydrogen-bond acceptors (Lipinski definition) is 9. The number of benzene rings is 2. The van der Waals surface area contributed by atoms with Crippen LogP contribution in [0.4, 0.5) is 4.79 Å². The Labute approximate surface area is 285 Å². The number of carbonyl (C=O) groups excluding carboxylic acids is 3. The molecular formula is C35H42N4O9S. The standard InChI is InChI=1S/C35H42N4O9S/c1-20-17-38(18-21(2)46-20)33(41)35-19-39-28-15-23(32(40)36-49(43,44)37(3)4)11-13-26(28)29(22-9-7-6-8-10-22)30(39)25-14-12-24(45-5)16-27(25)31(35)47-34(42)48-35/h11-16,20-22,31H,6-10,17-19H2,1-5H3,(H,36,40)/t20-,21+,31-,35+/m0/s1. The molecule has 1 saturated carbocycles. The smallest absolute Gasteiger partial charge is 0.497 e. The molecule has 2 amide bonds. The largest absolute Gasteiger partial charge is 0.510 e. The molecule has 0 unspecified atom stereocenters. The third-order valence-electron chi connectivity index (χ3n) is 10.2. The minimum atomic E-state index is -4.06. The lowest BCUT2D eigenvalue weighted by Gasteiger charge is -2.40. The molecule has 4 atom stereocenters. The van der Waals surface area contributed by atoms with Crippen molar-refractivity contribution in [2.75, 3.05) is 34.3 Å². The van der Waals surface area contributed by atoms with E-state index in [4.69, 9.17) is 18.9 Å². The summed E-state index contributed by atoms with van der Waals surface area (Å²) in [4.78, 5) is 43.1. The van der Waals surface area contributed by atoms with Crippen LogP contribution in [0, 0.1) is 0 Å². The van der Waals surface area contributed by atoms with Gasteiger partial charge in [-0.15, -0.1) is 0 Å². The van der Waals surface area contributed by atoms with Crippen LogP contribution < -0.4 is 9.46 Å². The topological polar surface area (TPSA) is 146 Å². The highest BCUT2D eigenvalue weighted by atomic mass is 32.2. The molecule has 0 spiro atoms. The van der Waals surface area contributed by atoms with E-state index in [1.807, 2.05) is 36.6 Å². The third kappa shape index (κ3) is 5.63. The van der Waals surface area contributed by atoms with Crippen LogP contribution in [0.5, 0.6) is 5.75 Å². The maximum absolute atomic E-state index is 14.9. The molecular weight excluding hydrogens is 652 g/mol. The summed E-state index contributed by atoms with van der Waals surface area (Å²) in [5.74, 6) is -0.481. The van der Waals surface area contributed by atoms with Crippen LogP contribution >= 0.6 is 0 Å². The number of nitrogens with zero attached hydrogens (tertiary/aromatic N) is 3. The molecule has 3 aliphatic heterocycles. The Morgan fingerprint density at radius 3 is 2.41 bits per heavy atom. The molecule has 3 fully saturated rings. The first-order valence-corrected chi connectivity index (χ1v) is 18.2. The summed E-state index contributed by atoms with van der Waals surface area (Å²) in [6.07, 6.45) is 2.66. The first-order valence-electron chi connectivity index (χ1n) is 16.8. The maximum atomic E-state index is 14.9. The second kappa shape index (κ2) is 12.3. The minimum Gasteiger partial charge on any atom is -0.497 e. The van der Waals surface area contributed by atoms with E-state index >= 15 is 0 Å². The number of carbonyl (C=O) groups is 3. The van der Waals surface area contributed by atoms with Gasteiger partial charge in [0.2, 0.25) is 0 Å². The number of ether oxygens (including phenoxy) is 4. The molecule has 0 bridgehead atoms. The Kier molecular flexibility index (Phi) is 8.39. The number of aromatic nitrogens is 1. The third-order valence-corrected chi connectivity index (χ3v) is 11.6. The molecule has 4 aliphatic rings. The number of rotatable bonds is 6. The molecule has 1 N–H and O–H groups in total. The molecule has 3 aromatic rings. The Balaban J connectivity index is 1.49. The van der Waals surface area contributed by atoms with Crippen molar-refractivity contribution in [1.29, 1.82) is 0 Å². The van der Waals surface area contributed by atoms with Crippen LogP contribution in [0.15, 0.2) is 36.4 Å². The van der Waals surface area contributed by atoms with Crippen LogP contribution in [-0.4, -0.2) is 92.3 Å². The van der Waals surface area contributed by atoms with E-state index in [0.29, 0.717) is 29.9 Å². The maximum Gasteiger partial charge on any atom is 0.510 e. The van der Waals surface area contributed by atoms with Gasteiger partial charge in [0, 0.05) is 54.8 Å². The lowest BCUT2D eigenvalue weighted by molar-refractivity contribution is -0.164. The van der Waals surface area contributed by atoms with Crippen molar-refractivity contribution in [2.45, 2.75) is 82.3 Å². The van der Waals surface area contributed by atoms with E-state index in [2.05, 4.69) is 4.72 Å². The van der Waals surface area contributed by atoms with Crippen LogP contribution in [0.1, 0.15) is 79.5 Å². The lowest BCUT2D eigenvalue weighted by Crippen LogP contribution is -2.58. The summed E-state index contributed by atoms with van der Waals surface area (Å²) < 4.78 is 53.7. The summed E-state index contributed by atoms with van der Waals surface area (Å²) in [5.41, 5.74) is 2.22. The van der Waals surface area contributed by atoms with Gasteiger partial charge in [-0.3, -0.25) is 9.59 Å². The van der Waals surface area contributed by atoms with Crippen molar-refractivity contribution < 1.29 is 41.7 Å². The summed E-state index contributed by atoms with van der Waals surface area (Å²) >= 11 is 0. The van der Waals surface area contributed by atoms with Gasteiger partial charge in [-0.05, 0) is 68.5 Å². The fourth-order valence-electron chi connectivity index (χ4n) is 8.06. The highest BCUT2D eigenvalue weighted by molar-refractivity contribution is 7.87. The number of morpholine rings is 1. The molecule has 2 saturated heterocycles. The van der Waals surface area contributed by atoms with Crippen molar-refractivity contribution in [2.24, 2.45) is 0 Å². The van der Waals surface area contributed by atoms with E-state index < -0.39 is 39.9 Å². The van der Waals surface area contributed by atoms with E-state index in [1.54, 1.807) is 30.2 Å². The Morgan fingerprint density at radius 1 is 1.02 bits per heavy atom. The van der Waals surface area contributed by atoms with Gasteiger partial charge < -0.3 is 28.4 Å². The van der Waals surface area contributed by atoms with Gasteiger partial charge >= 0.3 is 16.4 Å².